The van der Waals surface area contributed by atoms with Crippen molar-refractivity contribution in [2.75, 3.05) is 7.11 Å². The SMILES string of the molecule is C=C(C(=O)OC(C)(C)C)C(OC(C)=O)c1cccc(OC)c1. The van der Waals surface area contributed by atoms with E-state index in [-0.39, 0.29) is 5.57 Å². The second-order valence-corrected chi connectivity index (χ2v) is 5.79. The highest BCUT2D eigenvalue weighted by molar-refractivity contribution is 5.90. The summed E-state index contributed by atoms with van der Waals surface area (Å²) in [4.78, 5) is 23.5. The maximum Gasteiger partial charge on any atom is 0.338 e. The number of benzene rings is 1. The van der Waals surface area contributed by atoms with Crippen LogP contribution >= 0.6 is 0 Å². The van der Waals surface area contributed by atoms with Gasteiger partial charge in [0.15, 0.2) is 6.10 Å². The minimum absolute atomic E-state index is 0.0541. The van der Waals surface area contributed by atoms with E-state index in [0.29, 0.717) is 11.3 Å². The molecule has 1 atom stereocenters. The topological polar surface area (TPSA) is 61.8 Å². The van der Waals surface area contributed by atoms with E-state index in [4.69, 9.17) is 14.2 Å². The van der Waals surface area contributed by atoms with Crippen LogP contribution in [0.3, 0.4) is 0 Å². The van der Waals surface area contributed by atoms with Gasteiger partial charge in [-0.2, -0.15) is 0 Å². The standard InChI is InChI=1S/C17H22O5/c1-11(16(19)22-17(3,4)5)15(21-12(2)18)13-8-7-9-14(10-13)20-6/h7-10,15H,1H2,2-6H3. The van der Waals surface area contributed by atoms with E-state index in [0.717, 1.165) is 0 Å². The van der Waals surface area contributed by atoms with E-state index in [9.17, 15) is 9.59 Å². The van der Waals surface area contributed by atoms with Crippen molar-refractivity contribution in [2.45, 2.75) is 39.4 Å². The van der Waals surface area contributed by atoms with Gasteiger partial charge in [0.2, 0.25) is 0 Å². The Morgan fingerprint density at radius 3 is 2.36 bits per heavy atom. The second-order valence-electron chi connectivity index (χ2n) is 5.79. The summed E-state index contributed by atoms with van der Waals surface area (Å²) in [6, 6.07) is 6.91. The van der Waals surface area contributed by atoms with E-state index in [2.05, 4.69) is 6.58 Å². The van der Waals surface area contributed by atoms with E-state index in [1.807, 2.05) is 0 Å². The maximum atomic E-state index is 12.2. The third-order valence-corrected chi connectivity index (χ3v) is 2.66. The van der Waals surface area contributed by atoms with E-state index in [1.54, 1.807) is 45.0 Å². The van der Waals surface area contributed by atoms with Gasteiger partial charge in [-0.25, -0.2) is 4.79 Å². The van der Waals surface area contributed by atoms with Gasteiger partial charge in [0.1, 0.15) is 11.4 Å². The average Bonchev–Trinajstić information content (AvgIpc) is 2.42. The van der Waals surface area contributed by atoms with Crippen LogP contribution < -0.4 is 4.74 Å². The highest BCUT2D eigenvalue weighted by Gasteiger charge is 2.28. The highest BCUT2D eigenvalue weighted by Crippen LogP contribution is 2.29. The zero-order valence-electron chi connectivity index (χ0n) is 13.6. The molecule has 0 amide bonds. The number of carbonyl (C=O) groups is 2. The van der Waals surface area contributed by atoms with Crippen LogP contribution in [0.15, 0.2) is 36.4 Å². The fourth-order valence-corrected chi connectivity index (χ4v) is 1.76. The maximum absolute atomic E-state index is 12.2. The molecule has 0 radical (unpaired) electrons. The van der Waals surface area contributed by atoms with Crippen LogP contribution in [-0.4, -0.2) is 24.6 Å². The molecule has 5 heteroatoms. The molecule has 0 aliphatic carbocycles. The summed E-state index contributed by atoms with van der Waals surface area (Å²) in [5.74, 6) is -0.536. The molecular formula is C17H22O5. The van der Waals surface area contributed by atoms with Crippen molar-refractivity contribution in [3.8, 4) is 5.75 Å². The summed E-state index contributed by atoms with van der Waals surface area (Å²) >= 11 is 0. The fourth-order valence-electron chi connectivity index (χ4n) is 1.76. The fraction of sp³-hybridized carbons (Fsp3) is 0.412. The number of methoxy groups -OCH3 is 1. The first-order valence-corrected chi connectivity index (χ1v) is 6.87. The van der Waals surface area contributed by atoms with Gasteiger partial charge < -0.3 is 14.2 Å². The molecule has 1 unspecified atom stereocenters. The molecule has 1 aromatic rings. The molecule has 0 aromatic heterocycles. The lowest BCUT2D eigenvalue weighted by Gasteiger charge is -2.24. The van der Waals surface area contributed by atoms with E-state index >= 15 is 0 Å². The first kappa shape index (κ1) is 17.8. The van der Waals surface area contributed by atoms with Crippen molar-refractivity contribution in [1.29, 1.82) is 0 Å². The number of rotatable bonds is 5. The molecule has 0 N–H and O–H groups in total. The van der Waals surface area contributed by atoms with Crippen molar-refractivity contribution < 1.29 is 23.8 Å². The van der Waals surface area contributed by atoms with Crippen molar-refractivity contribution in [1.82, 2.24) is 0 Å². The smallest absolute Gasteiger partial charge is 0.338 e. The van der Waals surface area contributed by atoms with Gasteiger partial charge >= 0.3 is 11.9 Å². The minimum Gasteiger partial charge on any atom is -0.497 e. The van der Waals surface area contributed by atoms with Crippen LogP contribution in [0, 0.1) is 0 Å². The molecule has 0 aliphatic rings. The molecule has 0 heterocycles. The number of carbonyl (C=O) groups excluding carboxylic acids is 2. The van der Waals surface area contributed by atoms with Gasteiger partial charge in [0, 0.05) is 12.5 Å². The Morgan fingerprint density at radius 2 is 1.86 bits per heavy atom. The Balaban J connectivity index is 3.09. The third-order valence-electron chi connectivity index (χ3n) is 2.66. The molecule has 0 aliphatic heterocycles. The van der Waals surface area contributed by atoms with Crippen molar-refractivity contribution >= 4 is 11.9 Å². The molecule has 5 nitrogen and oxygen atoms in total. The van der Waals surface area contributed by atoms with Gasteiger partial charge in [-0.3, -0.25) is 4.79 Å². The Labute approximate surface area is 130 Å². The molecule has 1 rings (SSSR count). The molecule has 22 heavy (non-hydrogen) atoms. The molecule has 1 aromatic carbocycles. The van der Waals surface area contributed by atoms with Gasteiger partial charge in [-0.1, -0.05) is 18.7 Å². The summed E-state index contributed by atoms with van der Waals surface area (Å²) in [5.41, 5.74) is -0.0152. The summed E-state index contributed by atoms with van der Waals surface area (Å²) in [5, 5.41) is 0. The second kappa shape index (κ2) is 7.11. The zero-order valence-corrected chi connectivity index (χ0v) is 13.6. The first-order valence-electron chi connectivity index (χ1n) is 6.87. The highest BCUT2D eigenvalue weighted by atomic mass is 16.6. The summed E-state index contributed by atoms with van der Waals surface area (Å²) in [6.45, 7) is 10.3. The van der Waals surface area contributed by atoms with Crippen LogP contribution in [0.5, 0.6) is 5.75 Å². The van der Waals surface area contributed by atoms with E-state index < -0.39 is 23.6 Å². The molecule has 0 spiro atoms. The van der Waals surface area contributed by atoms with Gasteiger partial charge in [0.25, 0.3) is 0 Å². The molecule has 120 valence electrons. The number of hydrogen-bond acceptors (Lipinski definition) is 5. The Morgan fingerprint density at radius 1 is 1.23 bits per heavy atom. The van der Waals surface area contributed by atoms with Crippen LogP contribution in [0.25, 0.3) is 0 Å². The summed E-state index contributed by atoms with van der Waals surface area (Å²) < 4.78 is 15.7. The lowest BCUT2D eigenvalue weighted by atomic mass is 10.0. The number of esters is 2. The Kier molecular flexibility index (Phi) is 5.74. The lowest BCUT2D eigenvalue weighted by Crippen LogP contribution is -2.27. The van der Waals surface area contributed by atoms with Gasteiger partial charge in [0.05, 0.1) is 12.7 Å². The Bertz CT molecular complexity index is 569. The van der Waals surface area contributed by atoms with Crippen LogP contribution in [0.2, 0.25) is 0 Å². The normalized spacial score (nSPS) is 12.2. The molecule has 0 saturated carbocycles. The van der Waals surface area contributed by atoms with Crippen LogP contribution in [0.1, 0.15) is 39.4 Å². The van der Waals surface area contributed by atoms with Crippen LogP contribution in [0.4, 0.5) is 0 Å². The lowest BCUT2D eigenvalue weighted by molar-refractivity contribution is -0.153. The first-order chi connectivity index (χ1) is 10.1. The molecule has 0 bridgehead atoms. The average molecular weight is 306 g/mol. The molecular weight excluding hydrogens is 284 g/mol. The Hall–Kier alpha value is -2.30. The zero-order chi connectivity index (χ0) is 16.9. The van der Waals surface area contributed by atoms with E-state index in [1.165, 1.54) is 14.0 Å². The summed E-state index contributed by atoms with van der Waals surface area (Å²) in [7, 11) is 1.53. The van der Waals surface area contributed by atoms with Crippen molar-refractivity contribution in [3.05, 3.63) is 42.0 Å². The quantitative estimate of drug-likeness (QED) is 0.617. The van der Waals surface area contributed by atoms with Crippen LogP contribution in [-0.2, 0) is 19.1 Å². The number of hydrogen-bond donors (Lipinski definition) is 0. The largest absolute Gasteiger partial charge is 0.497 e. The van der Waals surface area contributed by atoms with Crippen molar-refractivity contribution in [2.24, 2.45) is 0 Å². The van der Waals surface area contributed by atoms with Gasteiger partial charge in [-0.05, 0) is 32.9 Å². The monoisotopic (exact) mass is 306 g/mol. The third kappa shape index (κ3) is 5.24. The number of ether oxygens (including phenoxy) is 3. The molecule has 0 saturated heterocycles. The predicted molar refractivity (Wildman–Crippen MR) is 82.5 cm³/mol. The van der Waals surface area contributed by atoms with Gasteiger partial charge in [-0.15, -0.1) is 0 Å². The molecule has 0 fully saturated rings. The summed E-state index contributed by atoms with van der Waals surface area (Å²) in [6.07, 6.45) is -0.914. The predicted octanol–water partition coefficient (Wildman–Crippen LogP) is 3.20. The minimum atomic E-state index is -0.914. The van der Waals surface area contributed by atoms with Crippen molar-refractivity contribution in [3.63, 3.8) is 0 Å².